The molecule has 3 nitrogen and oxygen atoms in total. The summed E-state index contributed by atoms with van der Waals surface area (Å²) in [5.41, 5.74) is 0. The Morgan fingerprint density at radius 3 is 2.69 bits per heavy atom. The summed E-state index contributed by atoms with van der Waals surface area (Å²) in [5.74, 6) is -0.225. The second-order valence-electron chi connectivity index (χ2n) is 3.87. The average Bonchev–Trinajstić information content (AvgIpc) is 2.68. The minimum atomic E-state index is -2.44. The standard InChI is InChI=1S/C10H18F2N2O.ClH/c1-2-5-14(7-9(11)12)10(15)8-3-4-13-6-8;/h8-9,13H,2-7H2,1H3;1H/t8-;/m0./s1. The molecule has 1 atom stereocenters. The van der Waals surface area contributed by atoms with Crippen molar-refractivity contribution in [3.05, 3.63) is 0 Å². The molecule has 0 spiro atoms. The molecule has 0 unspecified atom stereocenters. The highest BCUT2D eigenvalue weighted by Gasteiger charge is 2.27. The van der Waals surface area contributed by atoms with Gasteiger partial charge in [-0.2, -0.15) is 0 Å². The number of nitrogens with zero attached hydrogens (tertiary/aromatic N) is 1. The van der Waals surface area contributed by atoms with Crippen LogP contribution in [-0.4, -0.2) is 43.4 Å². The van der Waals surface area contributed by atoms with E-state index in [2.05, 4.69) is 5.32 Å². The second kappa shape index (κ2) is 7.79. The van der Waals surface area contributed by atoms with E-state index in [-0.39, 0.29) is 24.2 Å². The SMILES string of the molecule is CCCN(CC(F)F)C(=O)[C@H]1CCNC1.Cl. The third kappa shape index (κ3) is 4.61. The molecule has 1 heterocycles. The lowest BCUT2D eigenvalue weighted by Crippen LogP contribution is -2.40. The fourth-order valence-electron chi connectivity index (χ4n) is 1.85. The van der Waals surface area contributed by atoms with E-state index in [1.54, 1.807) is 0 Å². The number of nitrogens with one attached hydrogen (secondary N) is 1. The molecule has 1 aliphatic rings. The molecule has 1 saturated heterocycles. The second-order valence-corrected chi connectivity index (χ2v) is 3.87. The molecule has 0 aromatic heterocycles. The molecule has 1 aliphatic heterocycles. The summed E-state index contributed by atoms with van der Waals surface area (Å²) < 4.78 is 24.5. The minimum Gasteiger partial charge on any atom is -0.337 e. The number of carbonyl (C=O) groups excluding carboxylic acids is 1. The van der Waals surface area contributed by atoms with Crippen LogP contribution in [0.25, 0.3) is 0 Å². The Balaban J connectivity index is 0.00000225. The molecule has 1 N–H and O–H groups in total. The molecule has 16 heavy (non-hydrogen) atoms. The van der Waals surface area contributed by atoms with E-state index in [4.69, 9.17) is 0 Å². The molecule has 1 fully saturated rings. The van der Waals surface area contributed by atoms with Crippen molar-refractivity contribution in [2.75, 3.05) is 26.2 Å². The predicted octanol–water partition coefficient (Wildman–Crippen LogP) is 1.52. The van der Waals surface area contributed by atoms with Gasteiger partial charge in [-0.15, -0.1) is 12.4 Å². The maximum absolute atomic E-state index is 12.2. The smallest absolute Gasteiger partial charge is 0.255 e. The molecule has 1 rings (SSSR count). The molecular formula is C10H19ClF2N2O. The third-order valence-electron chi connectivity index (χ3n) is 2.57. The van der Waals surface area contributed by atoms with Gasteiger partial charge in [0.2, 0.25) is 5.91 Å². The van der Waals surface area contributed by atoms with Crippen LogP contribution in [0.2, 0.25) is 0 Å². The summed E-state index contributed by atoms with van der Waals surface area (Å²) in [6.45, 7) is 3.33. The van der Waals surface area contributed by atoms with Crippen molar-refractivity contribution in [2.24, 2.45) is 5.92 Å². The molecule has 0 aromatic rings. The number of alkyl halides is 2. The fourth-order valence-corrected chi connectivity index (χ4v) is 1.85. The highest BCUT2D eigenvalue weighted by molar-refractivity contribution is 5.85. The zero-order valence-electron chi connectivity index (χ0n) is 9.42. The molecule has 0 aliphatic carbocycles. The zero-order valence-corrected chi connectivity index (χ0v) is 10.2. The highest BCUT2D eigenvalue weighted by atomic mass is 35.5. The Labute approximate surface area is 101 Å². The van der Waals surface area contributed by atoms with Crippen LogP contribution in [0.4, 0.5) is 8.78 Å². The monoisotopic (exact) mass is 256 g/mol. The first-order chi connectivity index (χ1) is 7.15. The number of halogens is 3. The number of carbonyl (C=O) groups is 1. The predicted molar refractivity (Wildman–Crippen MR) is 61.1 cm³/mol. The van der Waals surface area contributed by atoms with Crippen molar-refractivity contribution >= 4 is 18.3 Å². The molecule has 0 radical (unpaired) electrons. The Morgan fingerprint density at radius 1 is 1.56 bits per heavy atom. The third-order valence-corrected chi connectivity index (χ3v) is 2.57. The van der Waals surface area contributed by atoms with Crippen LogP contribution < -0.4 is 5.32 Å². The van der Waals surface area contributed by atoms with E-state index in [0.717, 1.165) is 19.4 Å². The van der Waals surface area contributed by atoms with Crippen molar-refractivity contribution < 1.29 is 13.6 Å². The Kier molecular flexibility index (Phi) is 7.58. The number of hydrogen-bond acceptors (Lipinski definition) is 2. The van der Waals surface area contributed by atoms with Gasteiger partial charge in [-0.25, -0.2) is 8.78 Å². The zero-order chi connectivity index (χ0) is 11.3. The Hall–Kier alpha value is -0.420. The van der Waals surface area contributed by atoms with Crippen molar-refractivity contribution in [1.29, 1.82) is 0 Å². The van der Waals surface area contributed by atoms with Crippen LogP contribution in [0, 0.1) is 5.92 Å². The van der Waals surface area contributed by atoms with Gasteiger partial charge in [0.25, 0.3) is 6.43 Å². The van der Waals surface area contributed by atoms with Gasteiger partial charge in [0.1, 0.15) is 0 Å². The average molecular weight is 257 g/mol. The van der Waals surface area contributed by atoms with Crippen LogP contribution in [0.5, 0.6) is 0 Å². The van der Waals surface area contributed by atoms with Crippen molar-refractivity contribution in [2.45, 2.75) is 26.2 Å². The first kappa shape index (κ1) is 15.6. The summed E-state index contributed by atoms with van der Waals surface area (Å²) in [7, 11) is 0. The summed E-state index contributed by atoms with van der Waals surface area (Å²) in [4.78, 5) is 13.1. The Bertz CT molecular complexity index is 211. The van der Waals surface area contributed by atoms with Crippen LogP contribution in [-0.2, 0) is 4.79 Å². The van der Waals surface area contributed by atoms with E-state index < -0.39 is 13.0 Å². The van der Waals surface area contributed by atoms with E-state index in [9.17, 15) is 13.6 Å². The lowest BCUT2D eigenvalue weighted by molar-refractivity contribution is -0.136. The van der Waals surface area contributed by atoms with Crippen LogP contribution in [0.15, 0.2) is 0 Å². The quantitative estimate of drug-likeness (QED) is 0.809. The van der Waals surface area contributed by atoms with Crippen LogP contribution in [0.1, 0.15) is 19.8 Å². The molecule has 0 bridgehead atoms. The van der Waals surface area contributed by atoms with Gasteiger partial charge >= 0.3 is 0 Å². The number of hydrogen-bond donors (Lipinski definition) is 1. The van der Waals surface area contributed by atoms with E-state index in [1.807, 2.05) is 6.92 Å². The largest absolute Gasteiger partial charge is 0.337 e. The maximum Gasteiger partial charge on any atom is 0.255 e. The molecule has 0 saturated carbocycles. The van der Waals surface area contributed by atoms with Crippen molar-refractivity contribution in [1.82, 2.24) is 10.2 Å². The lowest BCUT2D eigenvalue weighted by Gasteiger charge is -2.24. The van der Waals surface area contributed by atoms with Crippen molar-refractivity contribution in [3.8, 4) is 0 Å². The Morgan fingerprint density at radius 2 is 2.25 bits per heavy atom. The van der Waals surface area contributed by atoms with Gasteiger partial charge in [0.15, 0.2) is 0 Å². The van der Waals surface area contributed by atoms with Gasteiger partial charge in [-0.3, -0.25) is 4.79 Å². The van der Waals surface area contributed by atoms with Crippen LogP contribution >= 0.6 is 12.4 Å². The normalized spacial score (nSPS) is 19.6. The summed E-state index contributed by atoms with van der Waals surface area (Å²) >= 11 is 0. The summed E-state index contributed by atoms with van der Waals surface area (Å²) in [5, 5.41) is 3.07. The first-order valence-corrected chi connectivity index (χ1v) is 5.42. The molecule has 0 aromatic carbocycles. The summed E-state index contributed by atoms with van der Waals surface area (Å²) in [6, 6.07) is 0. The molecule has 6 heteroatoms. The fraction of sp³-hybridized carbons (Fsp3) is 0.900. The van der Waals surface area contributed by atoms with Gasteiger partial charge in [-0.05, 0) is 19.4 Å². The van der Waals surface area contributed by atoms with Gasteiger partial charge in [0, 0.05) is 13.1 Å². The lowest BCUT2D eigenvalue weighted by atomic mass is 10.1. The van der Waals surface area contributed by atoms with Gasteiger partial charge in [0.05, 0.1) is 12.5 Å². The first-order valence-electron chi connectivity index (χ1n) is 5.42. The highest BCUT2D eigenvalue weighted by Crippen LogP contribution is 2.13. The van der Waals surface area contributed by atoms with Gasteiger partial charge < -0.3 is 10.2 Å². The van der Waals surface area contributed by atoms with E-state index in [1.165, 1.54) is 4.90 Å². The number of amides is 1. The molecular weight excluding hydrogens is 238 g/mol. The summed E-state index contributed by atoms with van der Waals surface area (Å²) in [6.07, 6.45) is -0.948. The molecule has 1 amide bonds. The van der Waals surface area contributed by atoms with E-state index in [0.29, 0.717) is 13.1 Å². The minimum absolute atomic E-state index is 0. The van der Waals surface area contributed by atoms with E-state index >= 15 is 0 Å². The molecule has 96 valence electrons. The van der Waals surface area contributed by atoms with Crippen LogP contribution in [0.3, 0.4) is 0 Å². The van der Waals surface area contributed by atoms with Gasteiger partial charge in [-0.1, -0.05) is 6.92 Å². The topological polar surface area (TPSA) is 32.3 Å². The number of rotatable bonds is 5. The maximum atomic E-state index is 12.2. The van der Waals surface area contributed by atoms with Crippen molar-refractivity contribution in [3.63, 3.8) is 0 Å².